The van der Waals surface area contributed by atoms with Crippen molar-refractivity contribution in [3.05, 3.63) is 34.3 Å². The summed E-state index contributed by atoms with van der Waals surface area (Å²) in [5, 5.41) is 3.76. The molecule has 1 aromatic rings. The van der Waals surface area contributed by atoms with Crippen molar-refractivity contribution in [1.29, 1.82) is 0 Å². The molecule has 0 spiro atoms. The maximum atomic E-state index is 3.76. The van der Waals surface area contributed by atoms with Crippen LogP contribution in [0.5, 0.6) is 0 Å². The minimum atomic E-state index is 0.451. The van der Waals surface area contributed by atoms with Crippen LogP contribution in [-0.4, -0.2) is 6.04 Å². The van der Waals surface area contributed by atoms with Gasteiger partial charge in [0.1, 0.15) is 0 Å². The molecule has 1 nitrogen and oxygen atoms in total. The van der Waals surface area contributed by atoms with Gasteiger partial charge in [0.25, 0.3) is 0 Å². The highest BCUT2D eigenvalue weighted by molar-refractivity contribution is 9.10. The minimum Gasteiger partial charge on any atom is -0.307 e. The van der Waals surface area contributed by atoms with Crippen LogP contribution in [0.3, 0.4) is 0 Å². The molecule has 0 radical (unpaired) electrons. The normalized spacial score (nSPS) is 19.0. The lowest BCUT2D eigenvalue weighted by Gasteiger charge is -2.22. The van der Waals surface area contributed by atoms with Crippen LogP contribution in [0.1, 0.15) is 51.1 Å². The lowest BCUT2D eigenvalue weighted by Crippen LogP contribution is -2.31. The van der Waals surface area contributed by atoms with Gasteiger partial charge in [0, 0.05) is 16.6 Å². The lowest BCUT2D eigenvalue weighted by molar-refractivity contribution is 0.404. The first-order valence-corrected chi connectivity index (χ1v) is 7.50. The fraction of sp³-hybridized carbons (Fsp3) is 0.600. The van der Waals surface area contributed by atoms with Gasteiger partial charge in [-0.1, -0.05) is 47.8 Å². The standard InChI is InChI=1S/C15H22BrN/c1-3-15(10-12-4-5-12)17-11(2)13-6-8-14(16)9-7-13/h6-9,11-12,15,17H,3-5,10H2,1-2H3. The Kier molecular flexibility index (Phi) is 4.63. The highest BCUT2D eigenvalue weighted by Gasteiger charge is 2.25. The molecule has 1 aliphatic carbocycles. The summed E-state index contributed by atoms with van der Waals surface area (Å²) in [5.41, 5.74) is 1.38. The molecule has 17 heavy (non-hydrogen) atoms. The summed E-state index contributed by atoms with van der Waals surface area (Å²) in [7, 11) is 0. The van der Waals surface area contributed by atoms with E-state index >= 15 is 0 Å². The Hall–Kier alpha value is -0.340. The van der Waals surface area contributed by atoms with E-state index in [1.807, 2.05) is 0 Å². The summed E-state index contributed by atoms with van der Waals surface area (Å²) in [6.07, 6.45) is 5.49. The van der Waals surface area contributed by atoms with Gasteiger partial charge >= 0.3 is 0 Å². The SMILES string of the molecule is CCC(CC1CC1)NC(C)c1ccc(Br)cc1. The second kappa shape index (κ2) is 6.01. The van der Waals surface area contributed by atoms with Crippen molar-refractivity contribution in [2.24, 2.45) is 5.92 Å². The lowest BCUT2D eigenvalue weighted by atomic mass is 10.0. The average molecular weight is 296 g/mol. The fourth-order valence-electron chi connectivity index (χ4n) is 2.31. The summed E-state index contributed by atoms with van der Waals surface area (Å²) in [6, 6.07) is 9.77. The molecule has 0 saturated heterocycles. The number of halogens is 1. The molecule has 2 atom stereocenters. The Labute approximate surface area is 113 Å². The first-order chi connectivity index (χ1) is 8.19. The molecular weight excluding hydrogens is 274 g/mol. The van der Waals surface area contributed by atoms with Crippen molar-refractivity contribution in [3.8, 4) is 0 Å². The Morgan fingerprint density at radius 2 is 1.94 bits per heavy atom. The van der Waals surface area contributed by atoms with Crippen molar-refractivity contribution in [2.45, 2.75) is 51.6 Å². The predicted molar refractivity (Wildman–Crippen MR) is 77.1 cm³/mol. The van der Waals surface area contributed by atoms with Crippen LogP contribution in [-0.2, 0) is 0 Å². The summed E-state index contributed by atoms with van der Waals surface area (Å²) in [4.78, 5) is 0. The maximum Gasteiger partial charge on any atom is 0.0294 e. The van der Waals surface area contributed by atoms with Gasteiger partial charge in [-0.25, -0.2) is 0 Å². The number of hydrogen-bond donors (Lipinski definition) is 1. The van der Waals surface area contributed by atoms with E-state index in [1.54, 1.807) is 0 Å². The first-order valence-electron chi connectivity index (χ1n) is 6.70. The summed E-state index contributed by atoms with van der Waals surface area (Å²) >= 11 is 3.48. The molecule has 1 N–H and O–H groups in total. The highest BCUT2D eigenvalue weighted by atomic mass is 79.9. The van der Waals surface area contributed by atoms with Gasteiger partial charge < -0.3 is 5.32 Å². The topological polar surface area (TPSA) is 12.0 Å². The van der Waals surface area contributed by atoms with Crippen LogP contribution in [0, 0.1) is 5.92 Å². The quantitative estimate of drug-likeness (QED) is 0.804. The number of nitrogens with one attached hydrogen (secondary N) is 1. The maximum absolute atomic E-state index is 3.76. The average Bonchev–Trinajstić information content (AvgIpc) is 3.13. The van der Waals surface area contributed by atoms with Crippen molar-refractivity contribution in [2.75, 3.05) is 0 Å². The van der Waals surface area contributed by atoms with E-state index in [0.717, 1.165) is 10.4 Å². The van der Waals surface area contributed by atoms with Gasteiger partial charge in [-0.2, -0.15) is 0 Å². The Balaban J connectivity index is 1.89. The monoisotopic (exact) mass is 295 g/mol. The van der Waals surface area contributed by atoms with Gasteiger partial charge in [-0.05, 0) is 43.4 Å². The molecule has 1 aliphatic rings. The Morgan fingerprint density at radius 3 is 2.47 bits per heavy atom. The second-order valence-corrected chi connectivity index (χ2v) is 6.14. The van der Waals surface area contributed by atoms with Crippen molar-refractivity contribution in [3.63, 3.8) is 0 Å². The van der Waals surface area contributed by atoms with Gasteiger partial charge in [0.2, 0.25) is 0 Å². The van der Waals surface area contributed by atoms with E-state index in [9.17, 15) is 0 Å². The minimum absolute atomic E-state index is 0.451. The third kappa shape index (κ3) is 4.11. The molecule has 2 heteroatoms. The first kappa shape index (κ1) is 13.1. The molecule has 0 amide bonds. The van der Waals surface area contributed by atoms with Crippen LogP contribution in [0.2, 0.25) is 0 Å². The van der Waals surface area contributed by atoms with Crippen LogP contribution < -0.4 is 5.32 Å². The van der Waals surface area contributed by atoms with Crippen LogP contribution in [0.15, 0.2) is 28.7 Å². The Morgan fingerprint density at radius 1 is 1.29 bits per heavy atom. The third-order valence-electron chi connectivity index (χ3n) is 3.66. The predicted octanol–water partition coefficient (Wildman–Crippen LogP) is 4.68. The zero-order chi connectivity index (χ0) is 12.3. The van der Waals surface area contributed by atoms with Gasteiger partial charge in [-0.3, -0.25) is 0 Å². The molecule has 2 rings (SSSR count). The van der Waals surface area contributed by atoms with E-state index in [1.165, 1.54) is 31.2 Å². The van der Waals surface area contributed by atoms with Crippen molar-refractivity contribution < 1.29 is 0 Å². The molecule has 94 valence electrons. The van der Waals surface area contributed by atoms with Gasteiger partial charge in [-0.15, -0.1) is 0 Å². The largest absolute Gasteiger partial charge is 0.307 e. The molecular formula is C15H22BrN. The van der Waals surface area contributed by atoms with Crippen LogP contribution in [0.4, 0.5) is 0 Å². The Bertz CT molecular complexity index is 342. The number of hydrogen-bond acceptors (Lipinski definition) is 1. The molecule has 0 bridgehead atoms. The molecule has 0 aromatic heterocycles. The van der Waals surface area contributed by atoms with Crippen molar-refractivity contribution in [1.82, 2.24) is 5.32 Å². The van der Waals surface area contributed by atoms with E-state index in [0.29, 0.717) is 12.1 Å². The summed E-state index contributed by atoms with van der Waals surface area (Å²) < 4.78 is 1.15. The zero-order valence-electron chi connectivity index (χ0n) is 10.7. The number of benzene rings is 1. The van der Waals surface area contributed by atoms with Gasteiger partial charge in [0.05, 0.1) is 0 Å². The van der Waals surface area contributed by atoms with Crippen LogP contribution >= 0.6 is 15.9 Å². The van der Waals surface area contributed by atoms with E-state index in [-0.39, 0.29) is 0 Å². The van der Waals surface area contributed by atoms with Gasteiger partial charge in [0.15, 0.2) is 0 Å². The third-order valence-corrected chi connectivity index (χ3v) is 4.19. The molecule has 1 aromatic carbocycles. The summed E-state index contributed by atoms with van der Waals surface area (Å²) in [6.45, 7) is 4.55. The second-order valence-electron chi connectivity index (χ2n) is 5.22. The molecule has 1 fully saturated rings. The molecule has 2 unspecified atom stereocenters. The van der Waals surface area contributed by atoms with Crippen molar-refractivity contribution >= 4 is 15.9 Å². The molecule has 0 heterocycles. The van der Waals surface area contributed by atoms with E-state index in [4.69, 9.17) is 0 Å². The van der Waals surface area contributed by atoms with E-state index in [2.05, 4.69) is 59.4 Å². The molecule has 0 aliphatic heterocycles. The van der Waals surface area contributed by atoms with E-state index < -0.39 is 0 Å². The summed E-state index contributed by atoms with van der Waals surface area (Å²) in [5.74, 6) is 1.00. The smallest absolute Gasteiger partial charge is 0.0294 e. The highest BCUT2D eigenvalue weighted by Crippen LogP contribution is 2.34. The fourth-order valence-corrected chi connectivity index (χ4v) is 2.57. The zero-order valence-corrected chi connectivity index (χ0v) is 12.3. The van der Waals surface area contributed by atoms with Crippen LogP contribution in [0.25, 0.3) is 0 Å². The molecule has 1 saturated carbocycles. The number of rotatable bonds is 6.